The molecule has 1 fully saturated rings. The third-order valence-electron chi connectivity index (χ3n) is 2.53. The van der Waals surface area contributed by atoms with E-state index in [1.165, 1.54) is 11.3 Å². The monoisotopic (exact) mass is 192 g/mol. The third kappa shape index (κ3) is 2.26. The molecule has 0 amide bonds. The highest BCUT2D eigenvalue weighted by Crippen LogP contribution is 2.21. The predicted molar refractivity (Wildman–Crippen MR) is 61.9 cm³/mol. The largest absolute Gasteiger partial charge is 0.359 e. The summed E-state index contributed by atoms with van der Waals surface area (Å²) in [5, 5.41) is 0. The summed E-state index contributed by atoms with van der Waals surface area (Å²) in [6, 6.07) is 0. The lowest BCUT2D eigenvalue weighted by atomic mass is 10.1. The Morgan fingerprint density at radius 3 is 2.71 bits per heavy atom. The van der Waals surface area contributed by atoms with Gasteiger partial charge < -0.3 is 4.90 Å². The van der Waals surface area contributed by atoms with E-state index in [1.54, 1.807) is 0 Å². The van der Waals surface area contributed by atoms with Crippen LogP contribution < -0.4 is 0 Å². The van der Waals surface area contributed by atoms with Gasteiger partial charge >= 0.3 is 0 Å². The Kier molecular flexibility index (Phi) is 3.96. The van der Waals surface area contributed by atoms with E-state index in [-0.39, 0.29) is 0 Å². The molecular weight excluding hydrogens is 172 g/mol. The number of allylic oxidation sites excluding steroid dienone is 3. The molecule has 2 heteroatoms. The van der Waals surface area contributed by atoms with Gasteiger partial charge in [-0.3, -0.25) is 4.90 Å². The molecule has 0 unspecified atom stereocenters. The zero-order valence-corrected chi connectivity index (χ0v) is 9.45. The highest BCUT2D eigenvalue weighted by Gasteiger charge is 2.20. The second-order valence-corrected chi connectivity index (χ2v) is 3.61. The number of nitrogens with zero attached hydrogens (tertiary/aromatic N) is 2. The predicted octanol–water partition coefficient (Wildman–Crippen LogP) is 2.23. The van der Waals surface area contributed by atoms with Gasteiger partial charge in [0, 0.05) is 18.8 Å². The van der Waals surface area contributed by atoms with Crippen LogP contribution in [-0.4, -0.2) is 36.6 Å². The van der Waals surface area contributed by atoms with Crippen LogP contribution in [0.2, 0.25) is 0 Å². The first kappa shape index (κ1) is 11.1. The summed E-state index contributed by atoms with van der Waals surface area (Å²) in [6.45, 7) is 11.1. The summed E-state index contributed by atoms with van der Waals surface area (Å²) in [7, 11) is 2.15. The molecule has 0 radical (unpaired) electrons. The Morgan fingerprint density at radius 1 is 1.50 bits per heavy atom. The van der Waals surface area contributed by atoms with Crippen molar-refractivity contribution in [2.45, 2.75) is 13.8 Å². The van der Waals surface area contributed by atoms with Gasteiger partial charge in [-0.2, -0.15) is 0 Å². The Labute approximate surface area is 87.2 Å². The van der Waals surface area contributed by atoms with Crippen LogP contribution in [0.4, 0.5) is 0 Å². The van der Waals surface area contributed by atoms with E-state index in [9.17, 15) is 0 Å². The molecule has 14 heavy (non-hydrogen) atoms. The van der Waals surface area contributed by atoms with E-state index < -0.39 is 0 Å². The maximum Gasteiger partial charge on any atom is 0.0707 e. The molecule has 1 heterocycles. The molecule has 2 nitrogen and oxygen atoms in total. The SMILES string of the molecule is C=CC=C1/C(=C\C)CN(C)CN1CC. The van der Waals surface area contributed by atoms with Crippen molar-refractivity contribution < 1.29 is 0 Å². The van der Waals surface area contributed by atoms with Crippen molar-refractivity contribution in [1.82, 2.24) is 9.80 Å². The average Bonchev–Trinajstić information content (AvgIpc) is 2.20. The van der Waals surface area contributed by atoms with Crippen molar-refractivity contribution in [2.24, 2.45) is 0 Å². The van der Waals surface area contributed by atoms with Crippen LogP contribution >= 0.6 is 0 Å². The molecule has 0 N–H and O–H groups in total. The maximum atomic E-state index is 3.77. The van der Waals surface area contributed by atoms with Crippen LogP contribution in [0.3, 0.4) is 0 Å². The fourth-order valence-electron chi connectivity index (χ4n) is 1.83. The van der Waals surface area contributed by atoms with Crippen LogP contribution in [0.15, 0.2) is 36.1 Å². The van der Waals surface area contributed by atoms with Gasteiger partial charge in [-0.25, -0.2) is 0 Å². The van der Waals surface area contributed by atoms with Crippen molar-refractivity contribution >= 4 is 0 Å². The molecule has 1 aliphatic rings. The molecule has 0 aliphatic carbocycles. The number of likely N-dealkylation sites (N-methyl/N-ethyl adjacent to an activating group) is 2. The van der Waals surface area contributed by atoms with Gasteiger partial charge in [-0.05, 0) is 32.5 Å². The van der Waals surface area contributed by atoms with Crippen molar-refractivity contribution in [3.63, 3.8) is 0 Å². The van der Waals surface area contributed by atoms with E-state index in [4.69, 9.17) is 0 Å². The molecule has 0 saturated carbocycles. The summed E-state index contributed by atoms with van der Waals surface area (Å²) in [5.74, 6) is 0. The minimum absolute atomic E-state index is 1.01. The quantitative estimate of drug-likeness (QED) is 0.662. The first-order chi connectivity index (χ1) is 6.72. The summed E-state index contributed by atoms with van der Waals surface area (Å²) < 4.78 is 0. The molecule has 0 aromatic heterocycles. The standard InChI is InChI=1S/C12H20N2/c1-5-8-12-11(6-2)9-13(4)10-14(12)7-3/h5-6,8H,1,7,9-10H2,2-4H3/b11-6-,12-8?. The van der Waals surface area contributed by atoms with Crippen LogP contribution in [0.25, 0.3) is 0 Å². The molecule has 1 saturated heterocycles. The Hall–Kier alpha value is -1.02. The van der Waals surface area contributed by atoms with E-state index >= 15 is 0 Å². The molecule has 0 atom stereocenters. The first-order valence-corrected chi connectivity index (χ1v) is 5.14. The molecule has 0 aromatic rings. The van der Waals surface area contributed by atoms with Gasteiger partial charge in [0.25, 0.3) is 0 Å². The molecular formula is C12H20N2. The zero-order chi connectivity index (χ0) is 10.6. The Bertz CT molecular complexity index is 263. The lowest BCUT2D eigenvalue weighted by Gasteiger charge is -2.38. The van der Waals surface area contributed by atoms with E-state index in [1.807, 2.05) is 6.08 Å². The average molecular weight is 192 g/mol. The van der Waals surface area contributed by atoms with Gasteiger partial charge in [0.1, 0.15) is 0 Å². The van der Waals surface area contributed by atoms with E-state index in [0.29, 0.717) is 0 Å². The first-order valence-electron chi connectivity index (χ1n) is 5.14. The fourth-order valence-corrected chi connectivity index (χ4v) is 1.83. The second-order valence-electron chi connectivity index (χ2n) is 3.61. The minimum Gasteiger partial charge on any atom is -0.359 e. The number of rotatable bonds is 2. The highest BCUT2D eigenvalue weighted by molar-refractivity contribution is 5.34. The van der Waals surface area contributed by atoms with Crippen LogP contribution in [0, 0.1) is 0 Å². The smallest absolute Gasteiger partial charge is 0.0707 e. The maximum absolute atomic E-state index is 3.77. The summed E-state index contributed by atoms with van der Waals surface area (Å²) in [6.07, 6.45) is 6.16. The zero-order valence-electron chi connectivity index (χ0n) is 9.45. The van der Waals surface area contributed by atoms with Gasteiger partial charge in [0.05, 0.1) is 6.67 Å². The van der Waals surface area contributed by atoms with Crippen LogP contribution in [0.1, 0.15) is 13.8 Å². The van der Waals surface area contributed by atoms with E-state index in [2.05, 4.69) is 49.4 Å². The van der Waals surface area contributed by atoms with Crippen molar-refractivity contribution in [3.8, 4) is 0 Å². The molecule has 1 aliphatic heterocycles. The molecule has 0 aromatic carbocycles. The molecule has 0 spiro atoms. The Balaban J connectivity index is 2.94. The third-order valence-corrected chi connectivity index (χ3v) is 2.53. The van der Waals surface area contributed by atoms with Gasteiger partial charge in [0.15, 0.2) is 0 Å². The highest BCUT2D eigenvalue weighted by atomic mass is 15.3. The van der Waals surface area contributed by atoms with Crippen molar-refractivity contribution in [3.05, 3.63) is 36.1 Å². The molecule has 0 bridgehead atoms. The fraction of sp³-hybridized carbons (Fsp3) is 0.500. The van der Waals surface area contributed by atoms with Crippen molar-refractivity contribution in [1.29, 1.82) is 0 Å². The van der Waals surface area contributed by atoms with Gasteiger partial charge in [-0.15, -0.1) is 0 Å². The topological polar surface area (TPSA) is 6.48 Å². The summed E-state index contributed by atoms with van der Waals surface area (Å²) >= 11 is 0. The lowest BCUT2D eigenvalue weighted by Crippen LogP contribution is -2.42. The van der Waals surface area contributed by atoms with E-state index in [0.717, 1.165) is 19.8 Å². The summed E-state index contributed by atoms with van der Waals surface area (Å²) in [5.41, 5.74) is 2.71. The van der Waals surface area contributed by atoms with Crippen molar-refractivity contribution in [2.75, 3.05) is 26.8 Å². The number of hydrogen-bond acceptors (Lipinski definition) is 2. The second kappa shape index (κ2) is 5.01. The lowest BCUT2D eigenvalue weighted by molar-refractivity contribution is 0.182. The normalized spacial score (nSPS) is 24.6. The summed E-state index contributed by atoms with van der Waals surface area (Å²) in [4.78, 5) is 4.68. The number of hydrogen-bond donors (Lipinski definition) is 0. The minimum atomic E-state index is 1.01. The van der Waals surface area contributed by atoms with Crippen LogP contribution in [0.5, 0.6) is 0 Å². The molecule has 78 valence electrons. The molecule has 1 rings (SSSR count). The van der Waals surface area contributed by atoms with Gasteiger partial charge in [-0.1, -0.05) is 18.7 Å². The van der Waals surface area contributed by atoms with Crippen LogP contribution in [-0.2, 0) is 0 Å². The Morgan fingerprint density at radius 2 is 2.21 bits per heavy atom. The van der Waals surface area contributed by atoms with Gasteiger partial charge in [0.2, 0.25) is 0 Å².